The Bertz CT molecular complexity index is 331. The molecule has 21 heavy (non-hydrogen) atoms. The SMILES string of the molecule is CCN(C(=O)CN1CC(C)OC(CO)C1)C1CCCCC1. The van der Waals surface area contributed by atoms with Crippen LogP contribution in [0.15, 0.2) is 0 Å². The second-order valence-electron chi connectivity index (χ2n) is 6.42. The number of aliphatic hydroxyl groups excluding tert-OH is 1. The van der Waals surface area contributed by atoms with E-state index in [0.717, 1.165) is 25.9 Å². The van der Waals surface area contributed by atoms with Gasteiger partial charge < -0.3 is 14.7 Å². The zero-order valence-electron chi connectivity index (χ0n) is 13.5. The van der Waals surface area contributed by atoms with E-state index < -0.39 is 0 Å². The summed E-state index contributed by atoms with van der Waals surface area (Å²) in [6.07, 6.45) is 6.02. The number of carbonyl (C=O) groups is 1. The lowest BCUT2D eigenvalue weighted by Gasteiger charge is -2.38. The number of carbonyl (C=O) groups excluding carboxylic acids is 1. The Morgan fingerprint density at radius 3 is 2.62 bits per heavy atom. The lowest BCUT2D eigenvalue weighted by atomic mass is 9.94. The summed E-state index contributed by atoms with van der Waals surface area (Å²) in [6.45, 7) is 6.76. The van der Waals surface area contributed by atoms with Gasteiger partial charge in [0, 0.05) is 25.7 Å². The first-order valence-electron chi connectivity index (χ1n) is 8.42. The number of nitrogens with zero attached hydrogens (tertiary/aromatic N) is 2. The van der Waals surface area contributed by atoms with Gasteiger partial charge in [-0.15, -0.1) is 0 Å². The van der Waals surface area contributed by atoms with Gasteiger partial charge in [-0.3, -0.25) is 9.69 Å². The summed E-state index contributed by atoms with van der Waals surface area (Å²) in [5, 5.41) is 9.27. The molecule has 2 atom stereocenters. The van der Waals surface area contributed by atoms with Crippen molar-refractivity contribution >= 4 is 5.91 Å². The average Bonchev–Trinajstić information content (AvgIpc) is 2.48. The molecule has 1 aliphatic carbocycles. The molecule has 0 aromatic carbocycles. The van der Waals surface area contributed by atoms with Crippen LogP contribution in [0, 0.1) is 0 Å². The minimum absolute atomic E-state index is 0.0230. The van der Waals surface area contributed by atoms with Crippen molar-refractivity contribution in [1.29, 1.82) is 0 Å². The lowest BCUT2D eigenvalue weighted by Crippen LogP contribution is -2.53. The monoisotopic (exact) mass is 298 g/mol. The number of aliphatic hydroxyl groups is 1. The average molecular weight is 298 g/mol. The highest BCUT2D eigenvalue weighted by Gasteiger charge is 2.29. The zero-order chi connectivity index (χ0) is 15.2. The third-order valence-corrected chi connectivity index (χ3v) is 4.64. The van der Waals surface area contributed by atoms with Crippen molar-refractivity contribution in [3.8, 4) is 0 Å². The minimum atomic E-state index is -0.161. The van der Waals surface area contributed by atoms with Gasteiger partial charge in [0.1, 0.15) is 0 Å². The van der Waals surface area contributed by atoms with Crippen LogP contribution in [0.1, 0.15) is 46.0 Å². The normalized spacial score (nSPS) is 28.5. The molecule has 1 saturated heterocycles. The Morgan fingerprint density at radius 2 is 2.00 bits per heavy atom. The van der Waals surface area contributed by atoms with Crippen molar-refractivity contribution in [3.05, 3.63) is 0 Å². The molecule has 0 spiro atoms. The smallest absolute Gasteiger partial charge is 0.236 e. The molecule has 5 heteroatoms. The molecular weight excluding hydrogens is 268 g/mol. The van der Waals surface area contributed by atoms with Crippen LogP contribution in [0.4, 0.5) is 0 Å². The Balaban J connectivity index is 1.88. The van der Waals surface area contributed by atoms with Crippen LogP contribution in [0.3, 0.4) is 0 Å². The lowest BCUT2D eigenvalue weighted by molar-refractivity contribution is -0.140. The zero-order valence-corrected chi connectivity index (χ0v) is 13.5. The fourth-order valence-electron chi connectivity index (χ4n) is 3.68. The molecule has 5 nitrogen and oxygen atoms in total. The van der Waals surface area contributed by atoms with Gasteiger partial charge in [0.05, 0.1) is 25.4 Å². The van der Waals surface area contributed by atoms with Gasteiger partial charge >= 0.3 is 0 Å². The van der Waals surface area contributed by atoms with Crippen LogP contribution in [0.25, 0.3) is 0 Å². The van der Waals surface area contributed by atoms with Crippen molar-refractivity contribution in [2.75, 3.05) is 32.8 Å². The van der Waals surface area contributed by atoms with E-state index in [2.05, 4.69) is 16.7 Å². The number of amides is 1. The Kier molecular flexibility index (Phi) is 6.45. The van der Waals surface area contributed by atoms with E-state index in [1.807, 2.05) is 6.92 Å². The maximum Gasteiger partial charge on any atom is 0.236 e. The molecule has 1 N–H and O–H groups in total. The fraction of sp³-hybridized carbons (Fsp3) is 0.938. The topological polar surface area (TPSA) is 53.0 Å². The van der Waals surface area contributed by atoms with Gasteiger partial charge in [-0.2, -0.15) is 0 Å². The van der Waals surface area contributed by atoms with Gasteiger partial charge in [-0.1, -0.05) is 19.3 Å². The maximum atomic E-state index is 12.6. The molecular formula is C16H30N2O3. The highest BCUT2D eigenvalue weighted by atomic mass is 16.5. The van der Waals surface area contributed by atoms with Crippen LogP contribution in [0.5, 0.6) is 0 Å². The third-order valence-electron chi connectivity index (χ3n) is 4.64. The number of rotatable bonds is 5. The Labute approximate surface area is 128 Å². The summed E-state index contributed by atoms with van der Waals surface area (Å²) in [5.74, 6) is 0.232. The van der Waals surface area contributed by atoms with E-state index in [0.29, 0.717) is 19.1 Å². The maximum absolute atomic E-state index is 12.6. The quantitative estimate of drug-likeness (QED) is 0.830. The molecule has 122 valence electrons. The van der Waals surface area contributed by atoms with Crippen molar-refractivity contribution in [3.63, 3.8) is 0 Å². The molecule has 2 rings (SSSR count). The van der Waals surface area contributed by atoms with Crippen molar-refractivity contribution in [1.82, 2.24) is 9.80 Å². The largest absolute Gasteiger partial charge is 0.394 e. The molecule has 2 fully saturated rings. The van der Waals surface area contributed by atoms with Gasteiger partial charge in [0.2, 0.25) is 5.91 Å². The molecule has 0 aromatic heterocycles. The van der Waals surface area contributed by atoms with Gasteiger partial charge in [0.25, 0.3) is 0 Å². The second kappa shape index (κ2) is 8.11. The summed E-state index contributed by atoms with van der Waals surface area (Å²) in [4.78, 5) is 16.8. The van der Waals surface area contributed by atoms with E-state index in [-0.39, 0.29) is 24.7 Å². The summed E-state index contributed by atoms with van der Waals surface area (Å²) < 4.78 is 5.63. The van der Waals surface area contributed by atoms with Gasteiger partial charge in [-0.25, -0.2) is 0 Å². The van der Waals surface area contributed by atoms with E-state index in [1.54, 1.807) is 0 Å². The number of likely N-dealkylation sites (N-methyl/N-ethyl adjacent to an activating group) is 1. The van der Waals surface area contributed by atoms with E-state index in [4.69, 9.17) is 4.74 Å². The van der Waals surface area contributed by atoms with E-state index in [9.17, 15) is 9.90 Å². The third kappa shape index (κ3) is 4.66. The Morgan fingerprint density at radius 1 is 1.29 bits per heavy atom. The summed E-state index contributed by atoms with van der Waals surface area (Å²) >= 11 is 0. The first-order chi connectivity index (χ1) is 10.1. The standard InChI is InChI=1S/C16H30N2O3/c1-3-18(14-7-5-4-6-8-14)16(20)11-17-9-13(2)21-15(10-17)12-19/h13-15,19H,3-12H2,1-2H3. The number of hydrogen-bond donors (Lipinski definition) is 1. The van der Waals surface area contributed by atoms with Crippen LogP contribution in [0.2, 0.25) is 0 Å². The second-order valence-corrected chi connectivity index (χ2v) is 6.42. The molecule has 1 saturated carbocycles. The summed E-state index contributed by atoms with van der Waals surface area (Å²) in [7, 11) is 0. The van der Waals surface area contributed by atoms with E-state index >= 15 is 0 Å². The molecule has 0 aromatic rings. The Hall–Kier alpha value is -0.650. The van der Waals surface area contributed by atoms with Crippen LogP contribution in [-0.4, -0.2) is 71.8 Å². The fourth-order valence-corrected chi connectivity index (χ4v) is 3.68. The highest BCUT2D eigenvalue weighted by molar-refractivity contribution is 5.78. The molecule has 1 aliphatic heterocycles. The highest BCUT2D eigenvalue weighted by Crippen LogP contribution is 2.23. The first kappa shape index (κ1) is 16.7. The van der Waals surface area contributed by atoms with Gasteiger partial charge in [-0.05, 0) is 26.7 Å². The summed E-state index contributed by atoms with van der Waals surface area (Å²) in [5.41, 5.74) is 0. The van der Waals surface area contributed by atoms with Crippen LogP contribution in [-0.2, 0) is 9.53 Å². The number of morpholine rings is 1. The summed E-state index contributed by atoms with van der Waals surface area (Å²) in [6, 6.07) is 0.434. The molecule has 2 aliphatic rings. The molecule has 0 radical (unpaired) electrons. The number of hydrogen-bond acceptors (Lipinski definition) is 4. The van der Waals surface area contributed by atoms with Gasteiger partial charge in [0.15, 0.2) is 0 Å². The predicted molar refractivity (Wildman–Crippen MR) is 82.1 cm³/mol. The molecule has 1 heterocycles. The molecule has 1 amide bonds. The van der Waals surface area contributed by atoms with E-state index in [1.165, 1.54) is 19.3 Å². The molecule has 2 unspecified atom stereocenters. The first-order valence-corrected chi connectivity index (χ1v) is 8.42. The van der Waals surface area contributed by atoms with Crippen molar-refractivity contribution in [2.24, 2.45) is 0 Å². The van der Waals surface area contributed by atoms with Crippen LogP contribution < -0.4 is 0 Å². The van der Waals surface area contributed by atoms with Crippen molar-refractivity contribution in [2.45, 2.75) is 64.2 Å². The number of ether oxygens (including phenoxy) is 1. The van der Waals surface area contributed by atoms with Crippen molar-refractivity contribution < 1.29 is 14.6 Å². The molecule has 0 bridgehead atoms. The van der Waals surface area contributed by atoms with Crippen LogP contribution >= 0.6 is 0 Å². The minimum Gasteiger partial charge on any atom is -0.394 e. The predicted octanol–water partition coefficient (Wildman–Crippen LogP) is 1.25.